The maximum Gasteiger partial charge on any atom is 0.241 e. The summed E-state index contributed by atoms with van der Waals surface area (Å²) in [4.78, 5) is 14.3. The lowest BCUT2D eigenvalue weighted by atomic mass is 10.1. The Morgan fingerprint density at radius 1 is 1.25 bits per heavy atom. The third-order valence-corrected chi connectivity index (χ3v) is 3.98. The topological polar surface area (TPSA) is 32.3 Å². The summed E-state index contributed by atoms with van der Waals surface area (Å²) in [7, 11) is 0. The average Bonchev–Trinajstić information content (AvgIpc) is 2.71. The summed E-state index contributed by atoms with van der Waals surface area (Å²) >= 11 is 0. The molecular weight excluding hydrogens is 248 g/mol. The molecule has 1 saturated heterocycles. The Hall–Kier alpha value is -1.35. The van der Waals surface area contributed by atoms with Gasteiger partial charge < -0.3 is 4.90 Å². The number of aryl methyl sites for hydroxylation is 1. The number of hydrogen-bond acceptors (Lipinski definition) is 2. The minimum Gasteiger partial charge on any atom is -0.322 e. The number of unbranched alkanes of at least 4 members (excludes halogenated alkanes) is 3. The van der Waals surface area contributed by atoms with E-state index < -0.39 is 0 Å². The first-order chi connectivity index (χ1) is 9.63. The molecule has 0 aromatic heterocycles. The minimum absolute atomic E-state index is 0.0408. The normalized spacial score (nSPS) is 22.6. The molecule has 0 radical (unpaired) electrons. The SMILES string of the molecule is CCCCCCN1C(=O)C(C)NC1c1cccc(C)c1. The van der Waals surface area contributed by atoms with Crippen LogP contribution in [-0.4, -0.2) is 23.4 Å². The third kappa shape index (κ3) is 3.40. The van der Waals surface area contributed by atoms with Crippen molar-refractivity contribution in [3.8, 4) is 0 Å². The average molecular weight is 274 g/mol. The van der Waals surface area contributed by atoms with Gasteiger partial charge in [-0.2, -0.15) is 0 Å². The molecule has 1 aliphatic heterocycles. The van der Waals surface area contributed by atoms with Crippen molar-refractivity contribution in [1.82, 2.24) is 10.2 Å². The van der Waals surface area contributed by atoms with Gasteiger partial charge in [-0.15, -0.1) is 0 Å². The lowest BCUT2D eigenvalue weighted by Gasteiger charge is -2.25. The molecule has 20 heavy (non-hydrogen) atoms. The van der Waals surface area contributed by atoms with E-state index in [0.29, 0.717) is 0 Å². The van der Waals surface area contributed by atoms with Crippen LogP contribution in [0.2, 0.25) is 0 Å². The fourth-order valence-electron chi connectivity index (χ4n) is 2.84. The second kappa shape index (κ2) is 6.89. The summed E-state index contributed by atoms with van der Waals surface area (Å²) in [6.07, 6.45) is 4.81. The minimum atomic E-state index is -0.0771. The van der Waals surface area contributed by atoms with Gasteiger partial charge in [-0.05, 0) is 25.8 Å². The van der Waals surface area contributed by atoms with Gasteiger partial charge in [-0.3, -0.25) is 10.1 Å². The van der Waals surface area contributed by atoms with E-state index in [-0.39, 0.29) is 18.1 Å². The molecule has 1 aromatic carbocycles. The van der Waals surface area contributed by atoms with E-state index >= 15 is 0 Å². The van der Waals surface area contributed by atoms with E-state index in [1.54, 1.807) is 0 Å². The Kier molecular flexibility index (Phi) is 5.18. The fraction of sp³-hybridized carbons (Fsp3) is 0.588. The lowest BCUT2D eigenvalue weighted by Crippen LogP contribution is -2.31. The van der Waals surface area contributed by atoms with Crippen LogP contribution < -0.4 is 5.32 Å². The van der Waals surface area contributed by atoms with Crippen molar-refractivity contribution in [3.05, 3.63) is 35.4 Å². The lowest BCUT2D eigenvalue weighted by molar-refractivity contribution is -0.129. The molecule has 0 spiro atoms. The maximum absolute atomic E-state index is 12.3. The summed E-state index contributed by atoms with van der Waals surface area (Å²) < 4.78 is 0. The highest BCUT2D eigenvalue weighted by atomic mass is 16.2. The van der Waals surface area contributed by atoms with E-state index in [4.69, 9.17) is 0 Å². The highest BCUT2D eigenvalue weighted by molar-refractivity contribution is 5.84. The number of benzene rings is 1. The molecule has 1 fully saturated rings. The number of hydrogen-bond donors (Lipinski definition) is 1. The summed E-state index contributed by atoms with van der Waals surface area (Å²) in [5.41, 5.74) is 2.43. The Morgan fingerprint density at radius 2 is 2.05 bits per heavy atom. The quantitative estimate of drug-likeness (QED) is 0.806. The molecule has 1 N–H and O–H groups in total. The monoisotopic (exact) mass is 274 g/mol. The molecule has 2 unspecified atom stereocenters. The van der Waals surface area contributed by atoms with Crippen molar-refractivity contribution < 1.29 is 4.79 Å². The molecule has 3 nitrogen and oxygen atoms in total. The molecule has 1 amide bonds. The summed E-state index contributed by atoms with van der Waals surface area (Å²) in [6.45, 7) is 7.11. The molecule has 0 saturated carbocycles. The van der Waals surface area contributed by atoms with Crippen LogP contribution in [0.1, 0.15) is 56.8 Å². The Labute approximate surface area is 122 Å². The number of amides is 1. The van der Waals surface area contributed by atoms with Crippen molar-refractivity contribution in [2.75, 3.05) is 6.54 Å². The zero-order chi connectivity index (χ0) is 14.5. The first kappa shape index (κ1) is 15.0. The van der Waals surface area contributed by atoms with Gasteiger partial charge in [0.25, 0.3) is 0 Å². The van der Waals surface area contributed by atoms with Gasteiger partial charge in [-0.25, -0.2) is 0 Å². The van der Waals surface area contributed by atoms with E-state index in [1.165, 1.54) is 30.4 Å². The first-order valence-corrected chi connectivity index (χ1v) is 7.76. The summed E-state index contributed by atoms with van der Waals surface area (Å²) in [5, 5.41) is 3.41. The number of rotatable bonds is 6. The largest absolute Gasteiger partial charge is 0.322 e. The summed E-state index contributed by atoms with van der Waals surface area (Å²) in [5.74, 6) is 0.230. The number of nitrogens with zero attached hydrogens (tertiary/aromatic N) is 1. The number of carbonyl (C=O) groups is 1. The highest BCUT2D eigenvalue weighted by Gasteiger charge is 2.36. The van der Waals surface area contributed by atoms with E-state index in [2.05, 4.69) is 43.4 Å². The standard InChI is InChI=1S/C17H26N2O/c1-4-5-6-7-11-19-16(18-14(3)17(19)20)15-10-8-9-13(2)12-15/h8-10,12,14,16,18H,4-7,11H2,1-3H3. The van der Waals surface area contributed by atoms with Gasteiger partial charge in [0.15, 0.2) is 0 Å². The van der Waals surface area contributed by atoms with Crippen LogP contribution in [0.25, 0.3) is 0 Å². The van der Waals surface area contributed by atoms with Crippen molar-refractivity contribution in [3.63, 3.8) is 0 Å². The number of carbonyl (C=O) groups excluding carboxylic acids is 1. The molecule has 1 aromatic rings. The third-order valence-electron chi connectivity index (χ3n) is 3.98. The summed E-state index contributed by atoms with van der Waals surface area (Å²) in [6, 6.07) is 8.35. The predicted octanol–water partition coefficient (Wildman–Crippen LogP) is 3.39. The number of nitrogens with one attached hydrogen (secondary N) is 1. The van der Waals surface area contributed by atoms with Crippen molar-refractivity contribution >= 4 is 5.91 Å². The molecule has 1 heterocycles. The maximum atomic E-state index is 12.3. The molecule has 1 aliphatic rings. The zero-order valence-corrected chi connectivity index (χ0v) is 12.9. The molecular formula is C17H26N2O. The van der Waals surface area contributed by atoms with E-state index in [9.17, 15) is 4.79 Å². The van der Waals surface area contributed by atoms with Gasteiger partial charge in [-0.1, -0.05) is 56.0 Å². The first-order valence-electron chi connectivity index (χ1n) is 7.76. The van der Waals surface area contributed by atoms with Gasteiger partial charge in [0.1, 0.15) is 6.17 Å². The van der Waals surface area contributed by atoms with Crippen LogP contribution >= 0.6 is 0 Å². The predicted molar refractivity (Wildman–Crippen MR) is 82.4 cm³/mol. The van der Waals surface area contributed by atoms with Crippen LogP contribution in [0.5, 0.6) is 0 Å². The van der Waals surface area contributed by atoms with Crippen molar-refractivity contribution in [2.45, 2.75) is 58.7 Å². The van der Waals surface area contributed by atoms with Crippen molar-refractivity contribution in [1.29, 1.82) is 0 Å². The fourth-order valence-corrected chi connectivity index (χ4v) is 2.84. The van der Waals surface area contributed by atoms with E-state index in [1.807, 2.05) is 11.8 Å². The van der Waals surface area contributed by atoms with Gasteiger partial charge in [0.2, 0.25) is 5.91 Å². The zero-order valence-electron chi connectivity index (χ0n) is 12.9. The van der Waals surface area contributed by atoms with Gasteiger partial charge >= 0.3 is 0 Å². The Morgan fingerprint density at radius 3 is 2.75 bits per heavy atom. The van der Waals surface area contributed by atoms with Crippen LogP contribution in [0, 0.1) is 6.92 Å². The molecule has 0 bridgehead atoms. The highest BCUT2D eigenvalue weighted by Crippen LogP contribution is 2.26. The second-order valence-electron chi connectivity index (χ2n) is 5.80. The Balaban J connectivity index is 2.07. The van der Waals surface area contributed by atoms with Crippen LogP contribution in [0.4, 0.5) is 0 Å². The molecule has 2 atom stereocenters. The van der Waals surface area contributed by atoms with Crippen LogP contribution in [-0.2, 0) is 4.79 Å². The van der Waals surface area contributed by atoms with Gasteiger partial charge in [0, 0.05) is 6.54 Å². The molecule has 2 rings (SSSR count). The molecule has 110 valence electrons. The van der Waals surface area contributed by atoms with Gasteiger partial charge in [0.05, 0.1) is 6.04 Å². The van der Waals surface area contributed by atoms with Crippen LogP contribution in [0.3, 0.4) is 0 Å². The molecule has 3 heteroatoms. The van der Waals surface area contributed by atoms with Crippen molar-refractivity contribution in [2.24, 2.45) is 0 Å². The second-order valence-corrected chi connectivity index (χ2v) is 5.80. The van der Waals surface area contributed by atoms with E-state index in [0.717, 1.165) is 13.0 Å². The van der Waals surface area contributed by atoms with Crippen LogP contribution in [0.15, 0.2) is 24.3 Å². The smallest absolute Gasteiger partial charge is 0.241 e. The molecule has 0 aliphatic carbocycles. The Bertz CT molecular complexity index is 458.